The summed E-state index contributed by atoms with van der Waals surface area (Å²) in [6.07, 6.45) is 1.28. The highest BCUT2D eigenvalue weighted by atomic mass is 19.2. The van der Waals surface area contributed by atoms with Gasteiger partial charge in [0, 0.05) is 13.1 Å². The lowest BCUT2D eigenvalue weighted by Crippen LogP contribution is -2.30. The van der Waals surface area contributed by atoms with E-state index in [0.717, 1.165) is 6.08 Å². The molecule has 0 unspecified atom stereocenters. The third kappa shape index (κ3) is 3.74. The van der Waals surface area contributed by atoms with Crippen molar-refractivity contribution in [2.45, 2.75) is 6.42 Å². The van der Waals surface area contributed by atoms with Crippen LogP contribution in [0.1, 0.15) is 16.8 Å². The smallest absolute Gasteiger partial charge is 0.257 e. The van der Waals surface area contributed by atoms with Gasteiger partial charge in [-0.3, -0.25) is 9.59 Å². The zero-order valence-corrected chi connectivity index (χ0v) is 11.3. The van der Waals surface area contributed by atoms with Gasteiger partial charge in [0.1, 0.15) is 11.3 Å². The Bertz CT molecular complexity index is 591. The predicted molar refractivity (Wildman–Crippen MR) is 70.8 cm³/mol. The molecular weight excluding hydrogens is 306 g/mol. The highest BCUT2D eigenvalue weighted by Gasteiger charge is 2.27. The van der Waals surface area contributed by atoms with Crippen LogP contribution < -0.4 is 16.4 Å². The first kappa shape index (κ1) is 17.5. The zero-order chi connectivity index (χ0) is 16.9. The van der Waals surface area contributed by atoms with Crippen molar-refractivity contribution >= 4 is 17.5 Å². The van der Waals surface area contributed by atoms with Crippen LogP contribution in [0.2, 0.25) is 0 Å². The summed E-state index contributed by atoms with van der Waals surface area (Å²) in [6, 6.07) is 0. The summed E-state index contributed by atoms with van der Waals surface area (Å²) < 4.78 is 53.4. The average molecular weight is 319 g/mol. The fraction of sp³-hybridized carbons (Fsp3) is 0.231. The van der Waals surface area contributed by atoms with E-state index in [2.05, 4.69) is 17.2 Å². The van der Waals surface area contributed by atoms with Crippen LogP contribution in [-0.2, 0) is 4.79 Å². The number of hydrogen-bond acceptors (Lipinski definition) is 3. The third-order valence-corrected chi connectivity index (χ3v) is 2.65. The number of nitrogens with two attached hydrogens (primary N) is 1. The van der Waals surface area contributed by atoms with E-state index in [1.165, 1.54) is 0 Å². The molecule has 120 valence electrons. The second kappa shape index (κ2) is 7.43. The Hall–Kier alpha value is -2.58. The van der Waals surface area contributed by atoms with Crippen LogP contribution >= 0.6 is 0 Å². The van der Waals surface area contributed by atoms with Crippen LogP contribution in [-0.4, -0.2) is 24.9 Å². The minimum Gasteiger partial charge on any atom is -0.394 e. The largest absolute Gasteiger partial charge is 0.394 e. The van der Waals surface area contributed by atoms with Crippen molar-refractivity contribution in [1.29, 1.82) is 0 Å². The minimum absolute atomic E-state index is 0.0806. The zero-order valence-electron chi connectivity index (χ0n) is 11.3. The van der Waals surface area contributed by atoms with Crippen LogP contribution in [0.15, 0.2) is 12.7 Å². The van der Waals surface area contributed by atoms with Gasteiger partial charge in [0.05, 0.1) is 0 Å². The Morgan fingerprint density at radius 1 is 1.00 bits per heavy atom. The molecule has 0 spiro atoms. The molecule has 0 saturated carbocycles. The van der Waals surface area contributed by atoms with Gasteiger partial charge in [-0.2, -0.15) is 0 Å². The summed E-state index contributed by atoms with van der Waals surface area (Å²) in [5, 5.41) is 4.48. The van der Waals surface area contributed by atoms with E-state index in [4.69, 9.17) is 5.73 Å². The molecule has 0 bridgehead atoms. The van der Waals surface area contributed by atoms with E-state index in [1.54, 1.807) is 0 Å². The number of hydrogen-bond donors (Lipinski definition) is 3. The van der Waals surface area contributed by atoms with Gasteiger partial charge in [-0.25, -0.2) is 17.6 Å². The Kier molecular flexibility index (Phi) is 5.90. The fourth-order valence-corrected chi connectivity index (χ4v) is 1.51. The van der Waals surface area contributed by atoms with Gasteiger partial charge in [-0.1, -0.05) is 6.58 Å². The second-order valence-corrected chi connectivity index (χ2v) is 4.15. The van der Waals surface area contributed by atoms with Crippen molar-refractivity contribution in [2.24, 2.45) is 0 Å². The molecule has 5 nitrogen and oxygen atoms in total. The molecule has 0 aliphatic carbocycles. The molecule has 2 amide bonds. The van der Waals surface area contributed by atoms with Crippen molar-refractivity contribution in [3.8, 4) is 0 Å². The lowest BCUT2D eigenvalue weighted by Gasteiger charge is -2.10. The number of halogens is 4. The van der Waals surface area contributed by atoms with E-state index in [0.29, 0.717) is 0 Å². The summed E-state index contributed by atoms with van der Waals surface area (Å²) in [4.78, 5) is 22.4. The van der Waals surface area contributed by atoms with E-state index < -0.39 is 46.3 Å². The first-order valence-corrected chi connectivity index (χ1v) is 6.11. The topological polar surface area (TPSA) is 84.2 Å². The molecule has 0 atom stereocenters. The molecule has 0 aliphatic rings. The molecule has 1 rings (SSSR count). The molecule has 0 aliphatic heterocycles. The second-order valence-electron chi connectivity index (χ2n) is 4.15. The van der Waals surface area contributed by atoms with Crippen LogP contribution in [0.3, 0.4) is 0 Å². The van der Waals surface area contributed by atoms with Gasteiger partial charge < -0.3 is 16.4 Å². The Balaban J connectivity index is 2.71. The van der Waals surface area contributed by atoms with Crippen molar-refractivity contribution < 1.29 is 27.2 Å². The summed E-state index contributed by atoms with van der Waals surface area (Å²) in [5.74, 6) is -9.15. The molecule has 0 radical (unpaired) electrons. The summed E-state index contributed by atoms with van der Waals surface area (Å²) in [7, 11) is 0. The predicted octanol–water partition coefficient (Wildman–Crippen LogP) is 1.25. The van der Waals surface area contributed by atoms with E-state index in [-0.39, 0.29) is 19.5 Å². The molecule has 1 aromatic rings. The van der Waals surface area contributed by atoms with Crippen LogP contribution in [0.5, 0.6) is 0 Å². The van der Waals surface area contributed by atoms with E-state index >= 15 is 0 Å². The van der Waals surface area contributed by atoms with Crippen molar-refractivity contribution in [1.82, 2.24) is 10.6 Å². The van der Waals surface area contributed by atoms with Gasteiger partial charge in [-0.05, 0) is 12.5 Å². The summed E-state index contributed by atoms with van der Waals surface area (Å²) >= 11 is 0. The SMILES string of the molecule is C=CC(=O)NCCCNC(=O)c1c(F)c(F)c(N)c(F)c1F. The normalized spacial score (nSPS) is 10.2. The maximum Gasteiger partial charge on any atom is 0.257 e. The van der Waals surface area contributed by atoms with Crippen molar-refractivity contribution in [2.75, 3.05) is 18.8 Å². The van der Waals surface area contributed by atoms with Gasteiger partial charge in [-0.15, -0.1) is 0 Å². The number of carbonyl (C=O) groups excluding carboxylic acids is 2. The van der Waals surface area contributed by atoms with Crippen molar-refractivity contribution in [3.63, 3.8) is 0 Å². The molecule has 0 heterocycles. The number of nitrogens with one attached hydrogen (secondary N) is 2. The first-order chi connectivity index (χ1) is 10.3. The highest BCUT2D eigenvalue weighted by molar-refractivity contribution is 5.95. The van der Waals surface area contributed by atoms with Gasteiger partial charge >= 0.3 is 0 Å². The quantitative estimate of drug-likeness (QED) is 0.243. The maximum atomic E-state index is 13.5. The van der Waals surface area contributed by atoms with E-state index in [9.17, 15) is 27.2 Å². The minimum atomic E-state index is -1.87. The number of benzene rings is 1. The maximum absolute atomic E-state index is 13.5. The molecular formula is C13H13F4N3O2. The van der Waals surface area contributed by atoms with Crippen LogP contribution in [0.4, 0.5) is 23.2 Å². The first-order valence-electron chi connectivity index (χ1n) is 6.11. The average Bonchev–Trinajstić information content (AvgIpc) is 2.50. The lowest BCUT2D eigenvalue weighted by atomic mass is 10.1. The number of rotatable bonds is 6. The highest BCUT2D eigenvalue weighted by Crippen LogP contribution is 2.25. The Morgan fingerprint density at radius 2 is 1.50 bits per heavy atom. The molecule has 0 fully saturated rings. The molecule has 0 saturated heterocycles. The number of nitrogen functional groups attached to an aromatic ring is 1. The van der Waals surface area contributed by atoms with Gasteiger partial charge in [0.25, 0.3) is 5.91 Å². The van der Waals surface area contributed by atoms with E-state index in [1.807, 2.05) is 0 Å². The Labute approximate surface area is 123 Å². The van der Waals surface area contributed by atoms with Crippen LogP contribution in [0.25, 0.3) is 0 Å². The summed E-state index contributed by atoms with van der Waals surface area (Å²) in [5.41, 5.74) is 2.10. The number of anilines is 1. The third-order valence-electron chi connectivity index (χ3n) is 2.65. The molecule has 22 heavy (non-hydrogen) atoms. The molecule has 0 aromatic heterocycles. The van der Waals surface area contributed by atoms with Crippen molar-refractivity contribution in [3.05, 3.63) is 41.5 Å². The fourth-order valence-electron chi connectivity index (χ4n) is 1.51. The standard InChI is InChI=1S/C13H13F4N3O2/c1-2-6(21)19-4-3-5-20-13(22)7-8(14)10(16)12(18)11(17)9(7)15/h2H,1,3-5,18H2,(H,19,21)(H,20,22). The summed E-state index contributed by atoms with van der Waals surface area (Å²) in [6.45, 7) is 3.31. The molecule has 9 heteroatoms. The van der Waals surface area contributed by atoms with Crippen LogP contribution in [0, 0.1) is 23.3 Å². The molecule has 1 aromatic carbocycles. The Morgan fingerprint density at radius 3 is 2.00 bits per heavy atom. The lowest BCUT2D eigenvalue weighted by molar-refractivity contribution is -0.116. The molecule has 4 N–H and O–H groups in total. The number of carbonyl (C=O) groups is 2. The van der Waals surface area contributed by atoms with Gasteiger partial charge in [0.2, 0.25) is 5.91 Å². The monoisotopic (exact) mass is 319 g/mol. The number of amides is 2. The van der Waals surface area contributed by atoms with Gasteiger partial charge in [0.15, 0.2) is 23.3 Å².